The van der Waals surface area contributed by atoms with Crippen molar-refractivity contribution in [3.05, 3.63) is 36.5 Å². The zero-order chi connectivity index (χ0) is 13.5. The average molecular weight is 268 g/mol. The standard InChI is InChI=1S/C16H20N4/c1-12-16(14-7-9-19(12)10-8-14)20-11-15(17-18-20)13-5-3-2-4-6-13/h2-6,11-12,14,16H,7-10H2,1H3. The monoisotopic (exact) mass is 268 g/mol. The Morgan fingerprint density at radius 1 is 1.10 bits per heavy atom. The first-order valence-electron chi connectivity index (χ1n) is 7.54. The Bertz CT molecular complexity index is 582. The van der Waals surface area contributed by atoms with Gasteiger partial charge in [0, 0.05) is 11.6 Å². The van der Waals surface area contributed by atoms with Crippen LogP contribution < -0.4 is 0 Å². The summed E-state index contributed by atoms with van der Waals surface area (Å²) in [6.45, 7) is 4.84. The highest BCUT2D eigenvalue weighted by Crippen LogP contribution is 2.39. The topological polar surface area (TPSA) is 34.0 Å². The molecule has 2 aromatic rings. The molecule has 0 radical (unpaired) electrons. The summed E-state index contributed by atoms with van der Waals surface area (Å²) < 4.78 is 2.11. The maximum Gasteiger partial charge on any atom is 0.113 e. The summed E-state index contributed by atoms with van der Waals surface area (Å²) in [4.78, 5) is 2.59. The van der Waals surface area contributed by atoms with E-state index in [0.29, 0.717) is 12.1 Å². The summed E-state index contributed by atoms with van der Waals surface area (Å²) in [5, 5.41) is 8.80. The largest absolute Gasteiger partial charge is 0.298 e. The van der Waals surface area contributed by atoms with E-state index in [9.17, 15) is 0 Å². The summed E-state index contributed by atoms with van der Waals surface area (Å²) in [6, 6.07) is 11.4. The molecule has 3 aliphatic rings. The minimum absolute atomic E-state index is 0.488. The van der Waals surface area contributed by atoms with Gasteiger partial charge in [0.15, 0.2) is 0 Å². The second-order valence-corrected chi connectivity index (χ2v) is 6.05. The van der Waals surface area contributed by atoms with Crippen molar-refractivity contribution in [2.75, 3.05) is 13.1 Å². The van der Waals surface area contributed by atoms with Crippen molar-refractivity contribution < 1.29 is 0 Å². The fourth-order valence-electron chi connectivity index (χ4n) is 3.88. The van der Waals surface area contributed by atoms with Crippen molar-refractivity contribution in [3.63, 3.8) is 0 Å². The maximum atomic E-state index is 4.43. The fourth-order valence-corrected chi connectivity index (χ4v) is 3.88. The van der Waals surface area contributed by atoms with Crippen molar-refractivity contribution in [3.8, 4) is 11.3 Å². The van der Waals surface area contributed by atoms with E-state index in [2.05, 4.69) is 45.1 Å². The molecule has 2 unspecified atom stereocenters. The molecule has 1 aromatic carbocycles. The molecule has 4 heteroatoms. The molecule has 0 N–H and O–H groups in total. The molecule has 3 saturated heterocycles. The molecule has 0 saturated carbocycles. The lowest BCUT2D eigenvalue weighted by atomic mass is 9.79. The van der Waals surface area contributed by atoms with Gasteiger partial charge in [-0.2, -0.15) is 0 Å². The van der Waals surface area contributed by atoms with E-state index < -0.39 is 0 Å². The van der Waals surface area contributed by atoms with Gasteiger partial charge in [0.05, 0.1) is 12.2 Å². The highest BCUT2D eigenvalue weighted by atomic mass is 15.5. The van der Waals surface area contributed by atoms with Crippen LogP contribution in [0.15, 0.2) is 36.5 Å². The first-order valence-corrected chi connectivity index (χ1v) is 7.54. The molecule has 5 rings (SSSR count). The van der Waals surface area contributed by atoms with E-state index in [1.165, 1.54) is 25.9 Å². The molecule has 0 amide bonds. The Hall–Kier alpha value is -1.68. The van der Waals surface area contributed by atoms with E-state index in [-0.39, 0.29) is 0 Å². The number of hydrogen-bond acceptors (Lipinski definition) is 3. The number of piperidine rings is 3. The van der Waals surface area contributed by atoms with Crippen molar-refractivity contribution in [2.45, 2.75) is 31.8 Å². The van der Waals surface area contributed by atoms with Crippen LogP contribution in [0.5, 0.6) is 0 Å². The van der Waals surface area contributed by atoms with Crippen molar-refractivity contribution in [1.82, 2.24) is 19.9 Å². The van der Waals surface area contributed by atoms with E-state index in [0.717, 1.165) is 17.2 Å². The van der Waals surface area contributed by atoms with Gasteiger partial charge in [-0.15, -0.1) is 5.10 Å². The van der Waals surface area contributed by atoms with E-state index in [1.54, 1.807) is 0 Å². The van der Waals surface area contributed by atoms with Crippen LogP contribution in [0.2, 0.25) is 0 Å². The Kier molecular flexibility index (Phi) is 2.84. The molecule has 20 heavy (non-hydrogen) atoms. The minimum Gasteiger partial charge on any atom is -0.298 e. The Morgan fingerprint density at radius 3 is 2.55 bits per heavy atom. The summed E-state index contributed by atoms with van der Waals surface area (Å²) in [5.41, 5.74) is 2.13. The number of nitrogens with zero attached hydrogens (tertiary/aromatic N) is 4. The second kappa shape index (κ2) is 4.70. The third-order valence-electron chi connectivity index (χ3n) is 5.01. The lowest BCUT2D eigenvalue weighted by Crippen LogP contribution is -2.54. The highest BCUT2D eigenvalue weighted by molar-refractivity contribution is 5.57. The molecule has 2 atom stereocenters. The predicted molar refractivity (Wildman–Crippen MR) is 78.3 cm³/mol. The van der Waals surface area contributed by atoms with Gasteiger partial charge in [-0.25, -0.2) is 4.68 Å². The van der Waals surface area contributed by atoms with Gasteiger partial charge in [-0.1, -0.05) is 35.5 Å². The third kappa shape index (κ3) is 1.86. The van der Waals surface area contributed by atoms with Gasteiger partial charge in [-0.3, -0.25) is 4.90 Å². The number of hydrogen-bond donors (Lipinski definition) is 0. The average Bonchev–Trinajstić information content (AvgIpc) is 2.99. The normalized spacial score (nSPS) is 32.5. The van der Waals surface area contributed by atoms with Gasteiger partial charge in [-0.05, 0) is 38.8 Å². The van der Waals surface area contributed by atoms with Crippen LogP contribution in [0.1, 0.15) is 25.8 Å². The summed E-state index contributed by atoms with van der Waals surface area (Å²) in [5.74, 6) is 0.764. The molecule has 0 spiro atoms. The van der Waals surface area contributed by atoms with Crippen molar-refractivity contribution in [1.29, 1.82) is 0 Å². The maximum absolute atomic E-state index is 4.43. The Balaban J connectivity index is 1.65. The number of benzene rings is 1. The lowest BCUT2D eigenvalue weighted by molar-refractivity contribution is 0.000189. The molecule has 3 fully saturated rings. The number of aromatic nitrogens is 3. The summed E-state index contributed by atoms with van der Waals surface area (Å²) in [6.07, 6.45) is 4.73. The quantitative estimate of drug-likeness (QED) is 0.839. The molecule has 3 aliphatic heterocycles. The van der Waals surface area contributed by atoms with Crippen LogP contribution in [0.3, 0.4) is 0 Å². The van der Waals surface area contributed by atoms with Gasteiger partial charge < -0.3 is 0 Å². The molecular weight excluding hydrogens is 248 g/mol. The van der Waals surface area contributed by atoms with Crippen molar-refractivity contribution >= 4 is 0 Å². The van der Waals surface area contributed by atoms with Gasteiger partial charge in [0.2, 0.25) is 0 Å². The summed E-state index contributed by atoms with van der Waals surface area (Å²) >= 11 is 0. The molecule has 0 aliphatic carbocycles. The SMILES string of the molecule is CC1C(n2cc(-c3ccccc3)nn2)C2CCN1CC2. The van der Waals surface area contributed by atoms with Crippen LogP contribution in [0, 0.1) is 5.92 Å². The molecule has 2 bridgehead atoms. The Labute approximate surface area is 119 Å². The predicted octanol–water partition coefficient (Wildman–Crippen LogP) is 2.60. The number of fused-ring (bicyclic) bond motifs is 3. The minimum atomic E-state index is 0.488. The zero-order valence-electron chi connectivity index (χ0n) is 11.8. The van der Waals surface area contributed by atoms with Crippen LogP contribution >= 0.6 is 0 Å². The lowest BCUT2D eigenvalue weighted by Gasteiger charge is -2.49. The van der Waals surface area contributed by atoms with Crippen molar-refractivity contribution in [2.24, 2.45) is 5.92 Å². The first-order chi connectivity index (χ1) is 9.83. The van der Waals surface area contributed by atoms with E-state index >= 15 is 0 Å². The molecule has 4 nitrogen and oxygen atoms in total. The molecule has 1 aromatic heterocycles. The number of rotatable bonds is 2. The zero-order valence-corrected chi connectivity index (χ0v) is 11.8. The fraction of sp³-hybridized carbons (Fsp3) is 0.500. The summed E-state index contributed by atoms with van der Waals surface area (Å²) in [7, 11) is 0. The van der Waals surface area contributed by atoms with E-state index in [4.69, 9.17) is 0 Å². The van der Waals surface area contributed by atoms with Gasteiger partial charge in [0.25, 0.3) is 0 Å². The third-order valence-corrected chi connectivity index (χ3v) is 5.01. The highest BCUT2D eigenvalue weighted by Gasteiger charge is 2.41. The first kappa shape index (κ1) is 12.1. The molecular formula is C16H20N4. The van der Waals surface area contributed by atoms with Crippen LogP contribution in [0.25, 0.3) is 11.3 Å². The van der Waals surface area contributed by atoms with Crippen LogP contribution in [-0.4, -0.2) is 39.0 Å². The molecule has 104 valence electrons. The molecule has 4 heterocycles. The van der Waals surface area contributed by atoms with Gasteiger partial charge >= 0.3 is 0 Å². The van der Waals surface area contributed by atoms with Crippen LogP contribution in [0.4, 0.5) is 0 Å². The van der Waals surface area contributed by atoms with Crippen LogP contribution in [-0.2, 0) is 0 Å². The van der Waals surface area contributed by atoms with Gasteiger partial charge in [0.1, 0.15) is 5.69 Å². The van der Waals surface area contributed by atoms with E-state index in [1.807, 2.05) is 18.2 Å². The second-order valence-electron chi connectivity index (χ2n) is 6.05. The smallest absolute Gasteiger partial charge is 0.113 e. The Morgan fingerprint density at radius 2 is 1.85 bits per heavy atom.